The van der Waals surface area contributed by atoms with Crippen LogP contribution in [-0.2, 0) is 0 Å². The fourth-order valence-corrected chi connectivity index (χ4v) is 3.21. The number of amides is 1. The first-order valence-electron chi connectivity index (χ1n) is 5.66. The highest BCUT2D eigenvalue weighted by Crippen LogP contribution is 2.31. The number of nitrogens with zero attached hydrogens (tertiary/aromatic N) is 1. The Bertz CT molecular complexity index is 416. The molecule has 17 heavy (non-hydrogen) atoms. The normalized spacial score (nSPS) is 20.1. The summed E-state index contributed by atoms with van der Waals surface area (Å²) < 4.78 is 6.17. The lowest BCUT2D eigenvalue weighted by Gasteiger charge is -2.22. The number of hydrogen-bond acceptors (Lipinski definition) is 3. The molecule has 0 aliphatic carbocycles. The Labute approximate surface area is 114 Å². The van der Waals surface area contributed by atoms with Gasteiger partial charge in [0.05, 0.1) is 0 Å². The van der Waals surface area contributed by atoms with E-state index in [-0.39, 0.29) is 10.7 Å². The van der Waals surface area contributed by atoms with Gasteiger partial charge in [-0.2, -0.15) is 11.8 Å². The van der Waals surface area contributed by atoms with Gasteiger partial charge in [-0.15, -0.1) is 0 Å². The van der Waals surface area contributed by atoms with Crippen LogP contribution in [0.5, 0.6) is 0 Å². The van der Waals surface area contributed by atoms with Gasteiger partial charge in [0.1, 0.15) is 0 Å². The molecule has 2 rings (SSSR count). The maximum atomic E-state index is 12.2. The quantitative estimate of drug-likeness (QED) is 0.796. The molecular weight excluding hydrogens is 302 g/mol. The molecule has 0 atom stereocenters. The number of furan rings is 1. The Kier molecular flexibility index (Phi) is 3.88. The maximum absolute atomic E-state index is 12.2. The summed E-state index contributed by atoms with van der Waals surface area (Å²) in [7, 11) is 0. The molecule has 1 aliphatic rings. The van der Waals surface area contributed by atoms with E-state index < -0.39 is 0 Å². The minimum absolute atomic E-state index is 0.00556. The van der Waals surface area contributed by atoms with Crippen molar-refractivity contribution in [1.82, 2.24) is 4.90 Å². The van der Waals surface area contributed by atoms with Gasteiger partial charge in [0, 0.05) is 23.6 Å². The summed E-state index contributed by atoms with van der Waals surface area (Å²) in [6.45, 7) is 6.06. The first-order chi connectivity index (χ1) is 7.98. The average molecular weight is 318 g/mol. The molecule has 0 N–H and O–H groups in total. The number of carbonyl (C=O) groups excluding carboxylic acids is 1. The van der Waals surface area contributed by atoms with E-state index >= 15 is 0 Å². The van der Waals surface area contributed by atoms with Gasteiger partial charge in [-0.1, -0.05) is 13.8 Å². The molecular formula is C12H16BrNO2S. The van der Waals surface area contributed by atoms with Gasteiger partial charge in [-0.05, 0) is 34.5 Å². The summed E-state index contributed by atoms with van der Waals surface area (Å²) in [6.07, 6.45) is 1.02. The molecule has 94 valence electrons. The monoisotopic (exact) mass is 317 g/mol. The second-order valence-electron chi connectivity index (χ2n) is 4.75. The molecule has 3 nitrogen and oxygen atoms in total. The fraction of sp³-hybridized carbons (Fsp3) is 0.583. The van der Waals surface area contributed by atoms with Crippen molar-refractivity contribution in [3.63, 3.8) is 0 Å². The van der Waals surface area contributed by atoms with Crippen LogP contribution in [0.4, 0.5) is 0 Å². The van der Waals surface area contributed by atoms with Crippen LogP contribution >= 0.6 is 27.7 Å². The van der Waals surface area contributed by atoms with Crippen molar-refractivity contribution in [3.05, 3.63) is 22.6 Å². The van der Waals surface area contributed by atoms with E-state index in [0.29, 0.717) is 10.4 Å². The summed E-state index contributed by atoms with van der Waals surface area (Å²) in [6, 6.07) is 3.47. The van der Waals surface area contributed by atoms with Crippen LogP contribution in [0.1, 0.15) is 30.8 Å². The zero-order valence-corrected chi connectivity index (χ0v) is 12.4. The van der Waals surface area contributed by atoms with Crippen molar-refractivity contribution < 1.29 is 9.21 Å². The second kappa shape index (κ2) is 5.06. The van der Waals surface area contributed by atoms with Crippen molar-refractivity contribution >= 4 is 33.6 Å². The van der Waals surface area contributed by atoms with E-state index in [4.69, 9.17) is 4.42 Å². The van der Waals surface area contributed by atoms with Gasteiger partial charge in [0.15, 0.2) is 10.4 Å². The second-order valence-corrected chi connectivity index (χ2v) is 7.34. The SMILES string of the molecule is CC1(C)CCN(C(=O)c2ccc(Br)o2)CCS1. The highest BCUT2D eigenvalue weighted by Gasteiger charge is 2.27. The predicted octanol–water partition coefficient (Wildman–Crippen LogP) is 3.40. The lowest BCUT2D eigenvalue weighted by molar-refractivity contribution is 0.0731. The smallest absolute Gasteiger partial charge is 0.289 e. The summed E-state index contributed by atoms with van der Waals surface area (Å²) >= 11 is 5.15. The number of halogens is 1. The summed E-state index contributed by atoms with van der Waals surface area (Å²) in [5.41, 5.74) is 0. The van der Waals surface area contributed by atoms with E-state index in [2.05, 4.69) is 29.8 Å². The van der Waals surface area contributed by atoms with Crippen molar-refractivity contribution in [3.8, 4) is 0 Å². The third-order valence-corrected chi connectivity index (χ3v) is 4.71. The molecule has 0 unspecified atom stereocenters. The molecule has 0 radical (unpaired) electrons. The third-order valence-electron chi connectivity index (χ3n) is 2.91. The minimum atomic E-state index is -0.00556. The van der Waals surface area contributed by atoms with E-state index in [1.165, 1.54) is 0 Å². The minimum Gasteiger partial charge on any atom is -0.444 e. The van der Waals surface area contributed by atoms with Gasteiger partial charge >= 0.3 is 0 Å². The zero-order valence-electron chi connectivity index (χ0n) is 10.0. The standard InChI is InChI=1S/C12H16BrNO2S/c1-12(2)5-6-14(7-8-17-12)11(15)9-3-4-10(13)16-9/h3-4H,5-8H2,1-2H3. The molecule has 1 aromatic rings. The van der Waals surface area contributed by atoms with Crippen molar-refractivity contribution in [2.75, 3.05) is 18.8 Å². The largest absolute Gasteiger partial charge is 0.444 e. The van der Waals surface area contributed by atoms with Crippen LogP contribution in [0.15, 0.2) is 21.2 Å². The van der Waals surface area contributed by atoms with E-state index in [0.717, 1.165) is 25.3 Å². The van der Waals surface area contributed by atoms with E-state index in [1.807, 2.05) is 16.7 Å². The molecule has 1 saturated heterocycles. The number of rotatable bonds is 1. The third kappa shape index (κ3) is 3.28. The molecule has 0 aromatic carbocycles. The fourth-order valence-electron chi connectivity index (χ4n) is 1.81. The number of carbonyl (C=O) groups is 1. The first-order valence-corrected chi connectivity index (χ1v) is 7.44. The first kappa shape index (κ1) is 13.0. The molecule has 1 fully saturated rings. The summed E-state index contributed by atoms with van der Waals surface area (Å²) in [5.74, 6) is 1.40. The Balaban J connectivity index is 2.05. The Hall–Kier alpha value is -0.420. The number of thioether (sulfide) groups is 1. The highest BCUT2D eigenvalue weighted by molar-refractivity contribution is 9.10. The molecule has 0 bridgehead atoms. The van der Waals surface area contributed by atoms with E-state index in [9.17, 15) is 4.79 Å². The lowest BCUT2D eigenvalue weighted by atomic mass is 10.1. The van der Waals surface area contributed by atoms with Crippen LogP contribution in [0, 0.1) is 0 Å². The molecule has 1 aromatic heterocycles. The molecule has 1 amide bonds. The van der Waals surface area contributed by atoms with Gasteiger partial charge in [-0.25, -0.2) is 0 Å². The van der Waals surface area contributed by atoms with Crippen LogP contribution < -0.4 is 0 Å². The molecule has 0 spiro atoms. The Morgan fingerprint density at radius 1 is 1.47 bits per heavy atom. The van der Waals surface area contributed by atoms with Crippen LogP contribution in [0.25, 0.3) is 0 Å². The topological polar surface area (TPSA) is 33.5 Å². The van der Waals surface area contributed by atoms with Gasteiger partial charge < -0.3 is 9.32 Å². The molecule has 0 saturated carbocycles. The predicted molar refractivity (Wildman–Crippen MR) is 73.5 cm³/mol. The van der Waals surface area contributed by atoms with Crippen molar-refractivity contribution in [1.29, 1.82) is 0 Å². The zero-order chi connectivity index (χ0) is 12.5. The average Bonchev–Trinajstić information content (AvgIpc) is 2.60. The Morgan fingerprint density at radius 2 is 2.24 bits per heavy atom. The van der Waals surface area contributed by atoms with Crippen molar-refractivity contribution in [2.45, 2.75) is 25.0 Å². The van der Waals surface area contributed by atoms with E-state index in [1.54, 1.807) is 12.1 Å². The molecule has 2 heterocycles. The number of hydrogen-bond donors (Lipinski definition) is 0. The summed E-state index contributed by atoms with van der Waals surface area (Å²) in [5, 5.41) is 0. The lowest BCUT2D eigenvalue weighted by Crippen LogP contribution is -2.33. The molecule has 1 aliphatic heterocycles. The summed E-state index contributed by atoms with van der Waals surface area (Å²) in [4.78, 5) is 14.1. The van der Waals surface area contributed by atoms with Gasteiger partial charge in [-0.3, -0.25) is 4.79 Å². The maximum Gasteiger partial charge on any atom is 0.289 e. The van der Waals surface area contributed by atoms with Crippen LogP contribution in [0.3, 0.4) is 0 Å². The van der Waals surface area contributed by atoms with Gasteiger partial charge in [0.25, 0.3) is 5.91 Å². The van der Waals surface area contributed by atoms with Gasteiger partial charge in [0.2, 0.25) is 0 Å². The molecule has 5 heteroatoms. The van der Waals surface area contributed by atoms with Crippen molar-refractivity contribution in [2.24, 2.45) is 0 Å². The van der Waals surface area contributed by atoms with Crippen LogP contribution in [-0.4, -0.2) is 34.4 Å². The highest BCUT2D eigenvalue weighted by atomic mass is 79.9. The van der Waals surface area contributed by atoms with Crippen LogP contribution in [0.2, 0.25) is 0 Å². The Morgan fingerprint density at radius 3 is 2.88 bits per heavy atom.